The summed E-state index contributed by atoms with van der Waals surface area (Å²) in [5, 5.41) is 3.44. The fourth-order valence-corrected chi connectivity index (χ4v) is 9.16. The van der Waals surface area contributed by atoms with Crippen molar-refractivity contribution in [1.82, 2.24) is 5.32 Å². The highest BCUT2D eigenvalue weighted by Crippen LogP contribution is 2.91. The Balaban J connectivity index is 1.75. The summed E-state index contributed by atoms with van der Waals surface area (Å²) in [5.74, 6) is 0. The zero-order valence-electron chi connectivity index (χ0n) is 4.33. The molecule has 0 radical (unpaired) electrons. The Morgan fingerprint density at radius 2 is 2.25 bits per heavy atom. The van der Waals surface area contributed by atoms with Gasteiger partial charge >= 0.3 is 0 Å². The van der Waals surface area contributed by atoms with E-state index in [9.17, 15) is 0 Å². The summed E-state index contributed by atoms with van der Waals surface area (Å²) in [6.07, 6.45) is 0. The van der Waals surface area contributed by atoms with Crippen LogP contribution in [0.4, 0.5) is 0 Å². The second-order valence-corrected chi connectivity index (χ2v) is 10.4. The minimum atomic E-state index is 0.478. The topological polar surface area (TPSA) is 38.0 Å². The molecule has 2 aliphatic heterocycles. The van der Waals surface area contributed by atoms with E-state index < -0.39 is 0 Å². The molecule has 0 atom stereocenters. The molecule has 0 aromatic heterocycles. The first-order valence-electron chi connectivity index (χ1n) is 2.58. The third kappa shape index (κ3) is 0.727. The van der Waals surface area contributed by atoms with E-state index in [1.165, 1.54) is 0 Å². The molecule has 5 heteroatoms. The lowest BCUT2D eigenvalue weighted by Crippen LogP contribution is -2.26. The van der Waals surface area contributed by atoms with Crippen LogP contribution in [0.2, 0.25) is 0 Å². The molecule has 0 saturated heterocycles. The first kappa shape index (κ1) is 5.59. The Bertz CT molecular complexity index is 191. The molecule has 0 bridgehead atoms. The first-order valence-corrected chi connectivity index (χ1v) is 7.12. The van der Waals surface area contributed by atoms with E-state index in [4.69, 9.17) is 5.73 Å². The number of hydrogen-bond donors (Lipinski definition) is 2. The van der Waals surface area contributed by atoms with Gasteiger partial charge in [-0.05, 0) is 22.2 Å². The van der Waals surface area contributed by atoms with Crippen molar-refractivity contribution in [3.05, 3.63) is 0 Å². The maximum absolute atomic E-state index is 5.32. The van der Waals surface area contributed by atoms with Gasteiger partial charge in [-0.2, -0.15) is 0 Å². The molecular formula is C3H7N2P3. The lowest BCUT2D eigenvalue weighted by Gasteiger charge is -1.99. The van der Waals surface area contributed by atoms with Gasteiger partial charge in [0, 0.05) is 13.1 Å². The van der Waals surface area contributed by atoms with Crippen molar-refractivity contribution in [3.63, 3.8) is 0 Å². The van der Waals surface area contributed by atoms with Crippen molar-refractivity contribution in [2.24, 2.45) is 5.73 Å². The summed E-state index contributed by atoms with van der Waals surface area (Å²) < 4.78 is 0.648. The Kier molecular flexibility index (Phi) is 1.16. The number of hydrogen-bond acceptors (Lipinski definition) is 2. The standard InChI is InChI=1S/C3H7N2P3/c4-1-2-5-3-6-8(3)7-3/h5H,1-2,4H2. The zero-order valence-corrected chi connectivity index (χ0v) is 7.02. The van der Waals surface area contributed by atoms with E-state index in [2.05, 4.69) is 5.32 Å². The summed E-state index contributed by atoms with van der Waals surface area (Å²) >= 11 is 0. The van der Waals surface area contributed by atoms with Crippen LogP contribution in [0.1, 0.15) is 0 Å². The van der Waals surface area contributed by atoms with Crippen LogP contribution in [-0.2, 0) is 0 Å². The maximum Gasteiger partial charge on any atom is 0.156 e. The predicted octanol–water partition coefficient (Wildman–Crippen LogP) is 1.38. The normalized spacial score (nSPS) is 45.9. The molecule has 0 aromatic carbocycles. The van der Waals surface area contributed by atoms with Crippen LogP contribution in [-0.4, -0.2) is 17.9 Å². The highest BCUT2D eigenvalue weighted by Gasteiger charge is 2.51. The lowest BCUT2D eigenvalue weighted by molar-refractivity contribution is 0.745. The van der Waals surface area contributed by atoms with Crippen LogP contribution in [0.15, 0.2) is 0 Å². The van der Waals surface area contributed by atoms with Crippen LogP contribution < -0.4 is 11.1 Å². The molecule has 0 saturated carbocycles. The van der Waals surface area contributed by atoms with Crippen molar-refractivity contribution in [2.75, 3.05) is 13.1 Å². The second-order valence-electron chi connectivity index (χ2n) is 1.84. The Morgan fingerprint density at radius 3 is 2.62 bits per heavy atom. The fourth-order valence-electron chi connectivity index (χ4n) is 0.605. The number of nitrogens with two attached hydrogens (primary N) is 1. The van der Waals surface area contributed by atoms with E-state index in [0.717, 1.165) is 13.1 Å². The Hall–Kier alpha value is 0.820. The molecule has 2 nitrogen and oxygen atoms in total. The first-order chi connectivity index (χ1) is 3.87. The van der Waals surface area contributed by atoms with Crippen molar-refractivity contribution in [2.45, 2.75) is 4.76 Å². The van der Waals surface area contributed by atoms with Crippen molar-refractivity contribution < 1.29 is 0 Å². The van der Waals surface area contributed by atoms with Gasteiger partial charge in [-0.3, -0.25) is 5.32 Å². The molecule has 8 heavy (non-hydrogen) atoms. The van der Waals surface area contributed by atoms with Gasteiger partial charge in [0.1, 0.15) is 0 Å². The average Bonchev–Trinajstić information content (AvgIpc) is 2.45. The molecule has 44 valence electrons. The molecule has 0 fully saturated rings. The quantitative estimate of drug-likeness (QED) is 0.618. The monoisotopic (exact) mass is 164 g/mol. The van der Waals surface area contributed by atoms with Gasteiger partial charge in [0.05, 0.1) is 0 Å². The SMILES string of the molecule is NCCNC12P=P1=P2. The van der Waals surface area contributed by atoms with Crippen LogP contribution in [0, 0.1) is 0 Å². The van der Waals surface area contributed by atoms with Crippen LogP contribution in [0.25, 0.3) is 0 Å². The van der Waals surface area contributed by atoms with E-state index in [0.29, 0.717) is 11.3 Å². The Morgan fingerprint density at radius 1 is 1.62 bits per heavy atom. The summed E-state index contributed by atoms with van der Waals surface area (Å²) in [7, 11) is 3.36. The van der Waals surface area contributed by atoms with Crippen LogP contribution in [0.5, 0.6) is 0 Å². The Labute approximate surface area is 51.9 Å². The summed E-state index contributed by atoms with van der Waals surface area (Å²) in [6, 6.07) is 0. The van der Waals surface area contributed by atoms with Gasteiger partial charge in [-0.25, -0.2) is 0 Å². The van der Waals surface area contributed by atoms with Gasteiger partial charge in [0.25, 0.3) is 0 Å². The molecule has 3 N–H and O–H groups in total. The minimum Gasteiger partial charge on any atom is -0.329 e. The predicted molar refractivity (Wildman–Crippen MR) is 40.5 cm³/mol. The van der Waals surface area contributed by atoms with Gasteiger partial charge < -0.3 is 5.73 Å². The molecule has 2 rings (SSSR count). The summed E-state index contributed by atoms with van der Waals surface area (Å²) in [5.41, 5.74) is 5.32. The molecular weight excluding hydrogens is 157 g/mol. The number of rotatable bonds is 3. The molecule has 2 heterocycles. The molecule has 0 aromatic rings. The van der Waals surface area contributed by atoms with Crippen LogP contribution in [0.3, 0.4) is 0 Å². The highest BCUT2D eigenvalue weighted by atomic mass is 32.1. The highest BCUT2D eigenvalue weighted by molar-refractivity contribution is 8.45. The molecule has 0 spiro atoms. The van der Waals surface area contributed by atoms with Crippen molar-refractivity contribution in [3.8, 4) is 0 Å². The number of fused-ring (bicyclic) bond motifs is 1. The van der Waals surface area contributed by atoms with Crippen LogP contribution >= 0.6 is 22.2 Å². The fraction of sp³-hybridized carbons (Fsp3) is 1.00. The summed E-state index contributed by atoms with van der Waals surface area (Å²) in [4.78, 5) is 0. The van der Waals surface area contributed by atoms with Gasteiger partial charge in [-0.1, -0.05) is 0 Å². The smallest absolute Gasteiger partial charge is 0.156 e. The third-order valence-electron chi connectivity index (χ3n) is 1.17. The largest absolute Gasteiger partial charge is 0.329 e. The average molecular weight is 164 g/mol. The van der Waals surface area contributed by atoms with E-state index in [-0.39, 0.29) is 0 Å². The van der Waals surface area contributed by atoms with E-state index >= 15 is 0 Å². The van der Waals surface area contributed by atoms with Gasteiger partial charge in [0.15, 0.2) is 4.76 Å². The van der Waals surface area contributed by atoms with Gasteiger partial charge in [0.2, 0.25) is 0 Å². The summed E-state index contributed by atoms with van der Waals surface area (Å²) in [6.45, 7) is 2.28. The second kappa shape index (κ2) is 1.66. The molecule has 0 unspecified atom stereocenters. The lowest BCUT2D eigenvalue weighted by atomic mass is 10.7. The molecule has 0 aliphatic carbocycles. The van der Waals surface area contributed by atoms with E-state index in [1.54, 1.807) is 15.7 Å². The number of nitrogens with one attached hydrogen (secondary N) is 1. The molecule has 2 aliphatic rings. The van der Waals surface area contributed by atoms with E-state index in [1.807, 2.05) is 0 Å². The maximum atomic E-state index is 5.32. The van der Waals surface area contributed by atoms with Gasteiger partial charge in [-0.15, -0.1) is 0 Å². The van der Waals surface area contributed by atoms with Crippen molar-refractivity contribution in [1.29, 1.82) is 0 Å². The zero-order chi connectivity index (χ0) is 5.61. The minimum absolute atomic E-state index is 0.478. The third-order valence-corrected chi connectivity index (χ3v) is 11.8. The molecule has 0 amide bonds. The van der Waals surface area contributed by atoms with Crippen molar-refractivity contribution >= 4 is 22.2 Å².